The normalized spacial score (nSPS) is 8.73. The van der Waals surface area contributed by atoms with Gasteiger partial charge in [-0.05, 0) is 0 Å². The van der Waals surface area contributed by atoms with Crippen molar-refractivity contribution in [2.75, 3.05) is 0 Å². The molecule has 4 heteroatoms. The third-order valence-corrected chi connectivity index (χ3v) is 2.35. The summed E-state index contributed by atoms with van der Waals surface area (Å²) in [5, 5.41) is 3.00. The second-order valence-electron chi connectivity index (χ2n) is 1.59. The maximum Gasteiger partial charge on any atom is 0.103 e. The third kappa shape index (κ3) is 3.74. The van der Waals surface area contributed by atoms with Gasteiger partial charge in [-0.1, -0.05) is 13.8 Å². The standard InChI is InChI=1S/C5H8N2S2.C2H6/c6-1-4-3-9-5(2-8)7-4;1-2/h3,8H,1-2,6H2;1-2H3. The van der Waals surface area contributed by atoms with E-state index in [9.17, 15) is 0 Å². The van der Waals surface area contributed by atoms with Gasteiger partial charge in [-0.25, -0.2) is 4.98 Å². The molecule has 0 unspecified atom stereocenters. The highest BCUT2D eigenvalue weighted by molar-refractivity contribution is 7.79. The second kappa shape index (κ2) is 6.64. The summed E-state index contributed by atoms with van der Waals surface area (Å²) in [6.07, 6.45) is 0. The molecule has 0 aliphatic carbocycles. The molecule has 0 saturated carbocycles. The number of hydrogen-bond acceptors (Lipinski definition) is 4. The van der Waals surface area contributed by atoms with Crippen LogP contribution in [0.2, 0.25) is 0 Å². The van der Waals surface area contributed by atoms with Crippen LogP contribution in [0.3, 0.4) is 0 Å². The number of thiazole rings is 1. The molecule has 0 aromatic carbocycles. The van der Waals surface area contributed by atoms with Crippen molar-refractivity contribution in [1.29, 1.82) is 0 Å². The molecule has 1 heterocycles. The van der Waals surface area contributed by atoms with Gasteiger partial charge in [-0.2, -0.15) is 12.6 Å². The molecule has 64 valence electrons. The molecule has 1 rings (SSSR count). The zero-order chi connectivity index (χ0) is 8.69. The van der Waals surface area contributed by atoms with E-state index in [0.29, 0.717) is 12.3 Å². The van der Waals surface area contributed by atoms with Gasteiger partial charge in [-0.15, -0.1) is 11.3 Å². The maximum atomic E-state index is 5.34. The SMILES string of the molecule is CC.NCc1csc(CS)n1. The molecule has 0 saturated heterocycles. The summed E-state index contributed by atoms with van der Waals surface area (Å²) >= 11 is 5.68. The molecular weight excluding hydrogens is 176 g/mol. The zero-order valence-electron chi connectivity index (χ0n) is 6.87. The third-order valence-electron chi connectivity index (χ3n) is 0.944. The van der Waals surface area contributed by atoms with Crippen LogP contribution in [0, 0.1) is 0 Å². The van der Waals surface area contributed by atoms with Crippen molar-refractivity contribution in [3.63, 3.8) is 0 Å². The van der Waals surface area contributed by atoms with Gasteiger partial charge in [0.2, 0.25) is 0 Å². The van der Waals surface area contributed by atoms with Gasteiger partial charge in [0.1, 0.15) is 5.01 Å². The summed E-state index contributed by atoms with van der Waals surface area (Å²) in [7, 11) is 0. The lowest BCUT2D eigenvalue weighted by Gasteiger charge is -1.83. The fourth-order valence-corrected chi connectivity index (χ4v) is 1.48. The van der Waals surface area contributed by atoms with Crippen LogP contribution in [0.4, 0.5) is 0 Å². The predicted octanol–water partition coefficient (Wildman–Crippen LogP) is 2.06. The van der Waals surface area contributed by atoms with E-state index in [1.165, 1.54) is 0 Å². The fourth-order valence-electron chi connectivity index (χ4n) is 0.515. The Hall–Kier alpha value is -0.0600. The Morgan fingerprint density at radius 1 is 1.64 bits per heavy atom. The average Bonchev–Trinajstić information content (AvgIpc) is 2.55. The summed E-state index contributed by atoms with van der Waals surface area (Å²) < 4.78 is 0. The lowest BCUT2D eigenvalue weighted by molar-refractivity contribution is 0.997. The summed E-state index contributed by atoms with van der Waals surface area (Å²) in [6, 6.07) is 0. The topological polar surface area (TPSA) is 38.9 Å². The van der Waals surface area contributed by atoms with Gasteiger partial charge >= 0.3 is 0 Å². The highest BCUT2D eigenvalue weighted by Crippen LogP contribution is 2.10. The highest BCUT2D eigenvalue weighted by atomic mass is 32.1. The smallest absolute Gasteiger partial charge is 0.103 e. The Morgan fingerprint density at radius 3 is 2.55 bits per heavy atom. The molecule has 1 aromatic heterocycles. The van der Waals surface area contributed by atoms with Crippen LogP contribution in [0.25, 0.3) is 0 Å². The van der Waals surface area contributed by atoms with E-state index in [1.807, 2.05) is 19.2 Å². The molecule has 2 nitrogen and oxygen atoms in total. The fraction of sp³-hybridized carbons (Fsp3) is 0.571. The maximum absolute atomic E-state index is 5.34. The van der Waals surface area contributed by atoms with Crippen molar-refractivity contribution < 1.29 is 0 Å². The van der Waals surface area contributed by atoms with Crippen LogP contribution in [-0.2, 0) is 12.3 Å². The molecule has 0 aliphatic rings. The largest absolute Gasteiger partial charge is 0.325 e. The zero-order valence-corrected chi connectivity index (χ0v) is 8.58. The summed E-state index contributed by atoms with van der Waals surface area (Å²) in [6.45, 7) is 4.53. The van der Waals surface area contributed by atoms with Gasteiger partial charge < -0.3 is 5.73 Å². The summed E-state index contributed by atoms with van der Waals surface area (Å²) in [5.74, 6) is 0.713. The van der Waals surface area contributed by atoms with Crippen LogP contribution >= 0.6 is 24.0 Å². The van der Waals surface area contributed by atoms with Crippen LogP contribution in [0.5, 0.6) is 0 Å². The molecule has 0 radical (unpaired) electrons. The Bertz CT molecular complexity index is 168. The van der Waals surface area contributed by atoms with Crippen molar-refractivity contribution >= 4 is 24.0 Å². The molecule has 2 N–H and O–H groups in total. The molecule has 1 aromatic rings. The molecule has 0 spiro atoms. The molecule has 0 bridgehead atoms. The predicted molar refractivity (Wildman–Crippen MR) is 54.0 cm³/mol. The van der Waals surface area contributed by atoms with Crippen molar-refractivity contribution in [2.45, 2.75) is 26.1 Å². The minimum atomic E-state index is 0.532. The second-order valence-corrected chi connectivity index (χ2v) is 2.85. The molecular formula is C7H14N2S2. The van der Waals surface area contributed by atoms with E-state index in [-0.39, 0.29) is 0 Å². The Labute approximate surface area is 77.3 Å². The number of rotatable bonds is 2. The minimum absolute atomic E-state index is 0.532. The van der Waals surface area contributed by atoms with Gasteiger partial charge in [0.15, 0.2) is 0 Å². The first kappa shape index (κ1) is 10.9. The van der Waals surface area contributed by atoms with E-state index < -0.39 is 0 Å². The van der Waals surface area contributed by atoms with Crippen molar-refractivity contribution in [1.82, 2.24) is 4.98 Å². The van der Waals surface area contributed by atoms with E-state index in [2.05, 4.69) is 17.6 Å². The number of nitrogens with two attached hydrogens (primary N) is 1. The number of hydrogen-bond donors (Lipinski definition) is 2. The molecule has 0 aliphatic heterocycles. The van der Waals surface area contributed by atoms with Crippen LogP contribution in [0.1, 0.15) is 24.5 Å². The van der Waals surface area contributed by atoms with Crippen molar-refractivity contribution in [3.8, 4) is 0 Å². The monoisotopic (exact) mass is 190 g/mol. The van der Waals surface area contributed by atoms with Crippen LogP contribution in [0.15, 0.2) is 5.38 Å². The Morgan fingerprint density at radius 2 is 2.27 bits per heavy atom. The van der Waals surface area contributed by atoms with E-state index in [1.54, 1.807) is 11.3 Å². The van der Waals surface area contributed by atoms with E-state index in [4.69, 9.17) is 5.73 Å². The van der Waals surface area contributed by atoms with Gasteiger partial charge in [0, 0.05) is 17.7 Å². The number of thiol groups is 1. The van der Waals surface area contributed by atoms with E-state index in [0.717, 1.165) is 10.7 Å². The van der Waals surface area contributed by atoms with Gasteiger partial charge in [-0.3, -0.25) is 0 Å². The first-order valence-electron chi connectivity index (χ1n) is 3.61. The van der Waals surface area contributed by atoms with E-state index >= 15 is 0 Å². The summed E-state index contributed by atoms with van der Waals surface area (Å²) in [4.78, 5) is 4.16. The quantitative estimate of drug-likeness (QED) is 0.701. The molecule has 11 heavy (non-hydrogen) atoms. The Kier molecular flexibility index (Phi) is 6.60. The first-order chi connectivity index (χ1) is 5.36. The number of aromatic nitrogens is 1. The Balaban J connectivity index is 0.000000461. The van der Waals surface area contributed by atoms with Gasteiger partial charge in [0.25, 0.3) is 0 Å². The summed E-state index contributed by atoms with van der Waals surface area (Å²) in [5.41, 5.74) is 6.30. The van der Waals surface area contributed by atoms with Crippen LogP contribution in [-0.4, -0.2) is 4.98 Å². The molecule has 0 amide bonds. The van der Waals surface area contributed by atoms with Crippen LogP contribution < -0.4 is 5.73 Å². The minimum Gasteiger partial charge on any atom is -0.325 e. The highest BCUT2D eigenvalue weighted by Gasteiger charge is 1.95. The average molecular weight is 190 g/mol. The lowest BCUT2D eigenvalue weighted by atomic mass is 10.5. The number of nitrogens with zero attached hydrogens (tertiary/aromatic N) is 1. The molecule has 0 atom stereocenters. The van der Waals surface area contributed by atoms with Crippen molar-refractivity contribution in [3.05, 3.63) is 16.1 Å². The van der Waals surface area contributed by atoms with Gasteiger partial charge in [0.05, 0.1) is 5.69 Å². The lowest BCUT2D eigenvalue weighted by Crippen LogP contribution is -1.95. The first-order valence-corrected chi connectivity index (χ1v) is 5.12. The molecule has 0 fully saturated rings. The van der Waals surface area contributed by atoms with Crippen molar-refractivity contribution in [2.24, 2.45) is 5.73 Å².